The number of hydrogen-bond acceptors (Lipinski definition) is 4. The number of carbonyl (C=O) groups is 1. The number of nitrogens with zero attached hydrogens (tertiary/aromatic N) is 2. The van der Waals surface area contributed by atoms with Gasteiger partial charge in [0.1, 0.15) is 17.5 Å². The minimum Gasteiger partial charge on any atom is -0.312 e. The van der Waals surface area contributed by atoms with Gasteiger partial charge in [-0.2, -0.15) is 4.98 Å². The van der Waals surface area contributed by atoms with Gasteiger partial charge < -0.3 is 9.88 Å². The topological polar surface area (TPSA) is 64.0 Å². The molecule has 1 aromatic heterocycles. The molecule has 0 saturated heterocycles. The molecule has 30 heavy (non-hydrogen) atoms. The fraction of sp³-hybridized carbons (Fsp3) is 0.190. The Kier molecular flexibility index (Phi) is 5.75. The van der Waals surface area contributed by atoms with Crippen LogP contribution < -0.4 is 10.9 Å². The molecule has 0 fully saturated rings. The number of amides is 1. The van der Waals surface area contributed by atoms with Crippen LogP contribution in [0, 0.1) is 11.6 Å². The molecule has 0 unspecified atom stereocenters. The van der Waals surface area contributed by atoms with Crippen molar-refractivity contribution in [1.29, 1.82) is 0 Å². The first-order valence-electron chi connectivity index (χ1n) is 9.07. The lowest BCUT2D eigenvalue weighted by atomic mass is 9.87. The highest BCUT2D eigenvalue weighted by atomic mass is 79.9. The molecule has 0 spiro atoms. The molecule has 1 aliphatic heterocycles. The van der Waals surface area contributed by atoms with Gasteiger partial charge in [0, 0.05) is 25.1 Å². The molecule has 154 valence electrons. The number of benzene rings is 2. The second-order valence-electron chi connectivity index (χ2n) is 6.88. The van der Waals surface area contributed by atoms with E-state index in [1.54, 1.807) is 41.9 Å². The van der Waals surface area contributed by atoms with Gasteiger partial charge in [-0.15, -0.1) is 0 Å². The molecule has 0 aliphatic carbocycles. The molecular formula is C21H16BrF2N3O2S. The van der Waals surface area contributed by atoms with E-state index >= 15 is 0 Å². The average molecular weight is 492 g/mol. The summed E-state index contributed by atoms with van der Waals surface area (Å²) in [6.45, 7) is 0. The largest absolute Gasteiger partial charge is 0.312 e. The average Bonchev–Trinajstić information content (AvgIpc) is 2.72. The third-order valence-electron chi connectivity index (χ3n) is 4.96. The van der Waals surface area contributed by atoms with Gasteiger partial charge in [-0.3, -0.25) is 9.59 Å². The van der Waals surface area contributed by atoms with Gasteiger partial charge in [-0.1, -0.05) is 36.0 Å². The van der Waals surface area contributed by atoms with Crippen LogP contribution in [0.15, 0.2) is 56.9 Å². The van der Waals surface area contributed by atoms with Crippen molar-refractivity contribution in [2.45, 2.75) is 23.2 Å². The molecule has 1 atom stereocenters. The Morgan fingerprint density at radius 1 is 1.20 bits per heavy atom. The van der Waals surface area contributed by atoms with Crippen LogP contribution in [0.4, 0.5) is 14.6 Å². The van der Waals surface area contributed by atoms with E-state index in [1.807, 2.05) is 0 Å². The highest BCUT2D eigenvalue weighted by Gasteiger charge is 2.32. The molecule has 0 saturated carbocycles. The van der Waals surface area contributed by atoms with Crippen molar-refractivity contribution in [2.75, 3.05) is 5.32 Å². The Hall–Kier alpha value is -2.52. The second-order valence-corrected chi connectivity index (χ2v) is 8.68. The van der Waals surface area contributed by atoms with Crippen LogP contribution in [0.5, 0.6) is 0 Å². The molecule has 3 aromatic rings. The fourth-order valence-electron chi connectivity index (χ4n) is 3.44. The Balaban J connectivity index is 1.74. The summed E-state index contributed by atoms with van der Waals surface area (Å²) < 4.78 is 29.4. The minimum absolute atomic E-state index is 0.0592. The monoisotopic (exact) mass is 491 g/mol. The summed E-state index contributed by atoms with van der Waals surface area (Å²) in [4.78, 5) is 29.5. The van der Waals surface area contributed by atoms with Crippen molar-refractivity contribution in [3.8, 4) is 0 Å². The van der Waals surface area contributed by atoms with Gasteiger partial charge in [-0.25, -0.2) is 8.78 Å². The number of thioether (sulfide) groups is 1. The number of anilines is 1. The zero-order valence-corrected chi connectivity index (χ0v) is 18.2. The van der Waals surface area contributed by atoms with Crippen LogP contribution in [0.2, 0.25) is 0 Å². The first-order valence-corrected chi connectivity index (χ1v) is 10.8. The second kappa shape index (κ2) is 8.31. The summed E-state index contributed by atoms with van der Waals surface area (Å²) in [6, 6.07) is 10.8. The van der Waals surface area contributed by atoms with E-state index in [9.17, 15) is 18.4 Å². The molecule has 1 aliphatic rings. The lowest BCUT2D eigenvalue weighted by Crippen LogP contribution is -2.33. The maximum atomic E-state index is 13.9. The molecule has 2 aromatic carbocycles. The molecule has 0 bridgehead atoms. The van der Waals surface area contributed by atoms with Crippen molar-refractivity contribution < 1.29 is 13.6 Å². The molecule has 4 rings (SSSR count). The van der Waals surface area contributed by atoms with Crippen LogP contribution in [0.3, 0.4) is 0 Å². The smallest absolute Gasteiger partial charge is 0.279 e. The third kappa shape index (κ3) is 3.91. The number of halogens is 3. The molecule has 1 amide bonds. The predicted molar refractivity (Wildman–Crippen MR) is 115 cm³/mol. The van der Waals surface area contributed by atoms with Crippen molar-refractivity contribution in [1.82, 2.24) is 9.55 Å². The Morgan fingerprint density at radius 3 is 2.70 bits per heavy atom. The van der Waals surface area contributed by atoms with Crippen LogP contribution >= 0.6 is 27.7 Å². The van der Waals surface area contributed by atoms with Crippen LogP contribution in [0.1, 0.15) is 29.0 Å². The van der Waals surface area contributed by atoms with Crippen LogP contribution in [-0.2, 0) is 17.6 Å². The highest BCUT2D eigenvalue weighted by molar-refractivity contribution is 9.10. The summed E-state index contributed by atoms with van der Waals surface area (Å²) in [5, 5.41) is 3.12. The van der Waals surface area contributed by atoms with Crippen molar-refractivity contribution >= 4 is 39.4 Å². The molecular weight excluding hydrogens is 476 g/mol. The lowest BCUT2D eigenvalue weighted by molar-refractivity contribution is -0.116. The SMILES string of the molecule is Cn1c(SCc2ccccc2F)nc(=O)c2c1NC(=O)C[C@H]2c1ccc(F)c(Br)c1. The van der Waals surface area contributed by atoms with Crippen molar-refractivity contribution in [2.24, 2.45) is 7.05 Å². The number of hydrogen-bond donors (Lipinski definition) is 1. The van der Waals surface area contributed by atoms with Gasteiger partial charge in [0.2, 0.25) is 5.91 Å². The van der Waals surface area contributed by atoms with Gasteiger partial charge in [-0.05, 0) is 45.3 Å². The molecule has 1 N–H and O–H groups in total. The number of fused-ring (bicyclic) bond motifs is 1. The quantitative estimate of drug-likeness (QED) is 0.428. The highest BCUT2D eigenvalue weighted by Crippen LogP contribution is 2.37. The van der Waals surface area contributed by atoms with Crippen LogP contribution in [-0.4, -0.2) is 15.5 Å². The summed E-state index contributed by atoms with van der Waals surface area (Å²) >= 11 is 4.36. The summed E-state index contributed by atoms with van der Waals surface area (Å²) in [7, 11) is 1.69. The van der Waals surface area contributed by atoms with E-state index in [0.717, 1.165) is 0 Å². The van der Waals surface area contributed by atoms with E-state index in [4.69, 9.17) is 0 Å². The molecule has 9 heteroatoms. The summed E-state index contributed by atoms with van der Waals surface area (Å²) in [5.41, 5.74) is 1.02. The zero-order valence-electron chi connectivity index (χ0n) is 15.8. The standard InChI is InChI=1S/C21H16BrF2N3O2S/c1-27-19-18(13(9-17(28)25-19)11-6-7-16(24)14(22)8-11)20(29)26-21(27)30-10-12-4-2-3-5-15(12)23/h2-8,13H,9-10H2,1H3,(H,25,28)/t13-/m0/s1. The number of nitrogens with one attached hydrogen (secondary N) is 1. The van der Waals surface area contributed by atoms with E-state index in [0.29, 0.717) is 27.7 Å². The van der Waals surface area contributed by atoms with E-state index in [1.165, 1.54) is 23.9 Å². The Bertz CT molecular complexity index is 1220. The maximum Gasteiger partial charge on any atom is 0.279 e. The predicted octanol–water partition coefficient (Wildman–Crippen LogP) is 4.59. The zero-order chi connectivity index (χ0) is 21.4. The maximum absolute atomic E-state index is 13.9. The van der Waals surface area contributed by atoms with E-state index < -0.39 is 17.3 Å². The van der Waals surface area contributed by atoms with Gasteiger partial charge in [0.15, 0.2) is 5.16 Å². The number of aromatic nitrogens is 2. The molecule has 0 radical (unpaired) electrons. The minimum atomic E-state index is -0.539. The first-order chi connectivity index (χ1) is 14.3. The Morgan fingerprint density at radius 2 is 1.97 bits per heavy atom. The van der Waals surface area contributed by atoms with E-state index in [2.05, 4.69) is 26.2 Å². The Labute approximate surface area is 183 Å². The van der Waals surface area contributed by atoms with Gasteiger partial charge in [0.25, 0.3) is 5.56 Å². The van der Waals surface area contributed by atoms with Crippen molar-refractivity contribution in [3.05, 3.63) is 85.6 Å². The molecule has 5 nitrogen and oxygen atoms in total. The van der Waals surface area contributed by atoms with Crippen molar-refractivity contribution in [3.63, 3.8) is 0 Å². The van der Waals surface area contributed by atoms with Gasteiger partial charge in [0.05, 0.1) is 10.0 Å². The van der Waals surface area contributed by atoms with E-state index in [-0.39, 0.29) is 28.4 Å². The fourth-order valence-corrected chi connectivity index (χ4v) is 4.78. The summed E-state index contributed by atoms with van der Waals surface area (Å²) in [5.74, 6) is -0.906. The number of rotatable bonds is 4. The lowest BCUT2D eigenvalue weighted by Gasteiger charge is -2.27. The number of carbonyl (C=O) groups excluding carboxylic acids is 1. The van der Waals surface area contributed by atoms with Crippen LogP contribution in [0.25, 0.3) is 0 Å². The molecule has 2 heterocycles. The van der Waals surface area contributed by atoms with Gasteiger partial charge >= 0.3 is 0 Å². The third-order valence-corrected chi connectivity index (χ3v) is 6.65. The first kappa shape index (κ1) is 20.7. The normalized spacial score (nSPS) is 15.6. The summed E-state index contributed by atoms with van der Waals surface area (Å²) in [6.07, 6.45) is 0.0592.